The van der Waals surface area contributed by atoms with Crippen LogP contribution >= 0.6 is 0 Å². The molecule has 0 radical (unpaired) electrons. The zero-order valence-electron chi connectivity index (χ0n) is 17.1. The summed E-state index contributed by atoms with van der Waals surface area (Å²) < 4.78 is 46.1. The molecule has 0 spiro atoms. The van der Waals surface area contributed by atoms with Crippen LogP contribution in [0.15, 0.2) is 42.7 Å². The van der Waals surface area contributed by atoms with Crippen molar-refractivity contribution in [1.29, 1.82) is 0 Å². The summed E-state index contributed by atoms with van der Waals surface area (Å²) in [6.07, 6.45) is -2.88. The number of nitrogens with two attached hydrogens (primary N) is 1. The molecule has 1 atom stereocenters. The topological polar surface area (TPSA) is 85.8 Å². The first kappa shape index (κ1) is 20.1. The fourth-order valence-corrected chi connectivity index (χ4v) is 4.10. The number of halogens is 3. The average molecular weight is 441 g/mol. The van der Waals surface area contributed by atoms with E-state index in [1.54, 1.807) is 36.0 Å². The van der Waals surface area contributed by atoms with E-state index in [9.17, 15) is 18.0 Å². The lowest BCUT2D eigenvalue weighted by Gasteiger charge is -2.24. The van der Waals surface area contributed by atoms with Gasteiger partial charge in [0, 0.05) is 23.6 Å². The Bertz CT molecular complexity index is 1400. The Morgan fingerprint density at radius 3 is 2.78 bits per heavy atom. The standard InChI is InChI=1S/C22H18F3N5O2/c1-11-19-15-7-12(3-6-16(15)28-21(26)30(19)10-27-11)20(31)29(2)17-9-32-18-8-13(22(23,24)25)4-5-14(17)18/h3-8,10,17H,9H2,1-2H3,(H2,26,28)/t17-/m1/s1. The van der Waals surface area contributed by atoms with Crippen molar-refractivity contribution in [2.75, 3.05) is 19.4 Å². The average Bonchev–Trinajstić information content (AvgIpc) is 3.36. The summed E-state index contributed by atoms with van der Waals surface area (Å²) in [6, 6.07) is 7.94. The Labute approximate surface area is 180 Å². The second-order valence-electron chi connectivity index (χ2n) is 7.74. The number of imidazole rings is 1. The Hall–Kier alpha value is -3.82. The number of carbonyl (C=O) groups is 1. The highest BCUT2D eigenvalue weighted by Gasteiger charge is 2.36. The number of fused-ring (bicyclic) bond motifs is 4. The molecule has 10 heteroatoms. The van der Waals surface area contributed by atoms with E-state index >= 15 is 0 Å². The monoisotopic (exact) mass is 441 g/mol. The first-order valence-corrected chi connectivity index (χ1v) is 9.79. The van der Waals surface area contributed by atoms with Gasteiger partial charge in [0.1, 0.15) is 18.7 Å². The molecule has 0 aliphatic carbocycles. The predicted octanol–water partition coefficient (Wildman–Crippen LogP) is 4.00. The summed E-state index contributed by atoms with van der Waals surface area (Å²) in [7, 11) is 1.61. The van der Waals surface area contributed by atoms with E-state index in [1.807, 2.05) is 6.92 Å². The van der Waals surface area contributed by atoms with E-state index in [4.69, 9.17) is 10.5 Å². The van der Waals surface area contributed by atoms with E-state index < -0.39 is 17.8 Å². The van der Waals surface area contributed by atoms with E-state index in [-0.39, 0.29) is 18.3 Å². The molecule has 0 bridgehead atoms. The van der Waals surface area contributed by atoms with Crippen molar-refractivity contribution < 1.29 is 22.7 Å². The molecule has 1 aliphatic rings. The Balaban J connectivity index is 1.51. The largest absolute Gasteiger partial charge is 0.491 e. The lowest BCUT2D eigenvalue weighted by Crippen LogP contribution is -2.32. The van der Waals surface area contributed by atoms with E-state index in [0.29, 0.717) is 22.6 Å². The molecule has 2 aromatic heterocycles. The molecule has 0 fully saturated rings. The van der Waals surface area contributed by atoms with Crippen LogP contribution in [0.25, 0.3) is 16.4 Å². The van der Waals surface area contributed by atoms with Gasteiger partial charge in [0.05, 0.1) is 28.3 Å². The van der Waals surface area contributed by atoms with Gasteiger partial charge in [-0.1, -0.05) is 6.07 Å². The molecule has 0 saturated carbocycles. The van der Waals surface area contributed by atoms with Crippen molar-refractivity contribution >= 4 is 28.3 Å². The maximum atomic E-state index is 13.3. The van der Waals surface area contributed by atoms with Gasteiger partial charge in [-0.15, -0.1) is 0 Å². The number of carbonyl (C=O) groups excluding carboxylic acids is 1. The van der Waals surface area contributed by atoms with Crippen molar-refractivity contribution in [3.05, 3.63) is 65.1 Å². The molecule has 1 aliphatic heterocycles. The second kappa shape index (κ2) is 6.84. The number of ether oxygens (including phenoxy) is 1. The van der Waals surface area contributed by atoms with Gasteiger partial charge >= 0.3 is 6.18 Å². The Kier molecular flexibility index (Phi) is 4.30. The minimum atomic E-state index is -4.46. The molecule has 2 N–H and O–H groups in total. The van der Waals surface area contributed by atoms with Crippen LogP contribution in [-0.2, 0) is 6.18 Å². The fourth-order valence-electron chi connectivity index (χ4n) is 4.10. The van der Waals surface area contributed by atoms with Crippen LogP contribution in [0.3, 0.4) is 0 Å². The van der Waals surface area contributed by atoms with Gasteiger partial charge < -0.3 is 15.4 Å². The third-order valence-corrected chi connectivity index (χ3v) is 5.82. The van der Waals surface area contributed by atoms with Crippen LogP contribution in [0.4, 0.5) is 19.1 Å². The summed E-state index contributed by atoms with van der Waals surface area (Å²) in [5.41, 5.74) is 8.31. The number of hydrogen-bond donors (Lipinski definition) is 1. The molecular weight excluding hydrogens is 423 g/mol. The second-order valence-corrected chi connectivity index (χ2v) is 7.74. The first-order valence-electron chi connectivity index (χ1n) is 9.79. The molecule has 1 amide bonds. The Morgan fingerprint density at radius 2 is 2.03 bits per heavy atom. The van der Waals surface area contributed by atoms with Crippen LogP contribution in [-0.4, -0.2) is 38.8 Å². The van der Waals surface area contributed by atoms with E-state index in [2.05, 4.69) is 9.97 Å². The van der Waals surface area contributed by atoms with Crippen molar-refractivity contribution in [3.8, 4) is 5.75 Å². The van der Waals surface area contributed by atoms with Gasteiger partial charge in [-0.2, -0.15) is 13.2 Å². The van der Waals surface area contributed by atoms with Crippen LogP contribution in [0.1, 0.15) is 33.2 Å². The van der Waals surface area contributed by atoms with Crippen LogP contribution in [0.2, 0.25) is 0 Å². The minimum absolute atomic E-state index is 0.0799. The Morgan fingerprint density at radius 1 is 1.25 bits per heavy atom. The molecule has 32 heavy (non-hydrogen) atoms. The van der Waals surface area contributed by atoms with Gasteiger partial charge in [0.25, 0.3) is 5.91 Å². The number of nitrogens with zero attached hydrogens (tertiary/aromatic N) is 4. The van der Waals surface area contributed by atoms with Gasteiger partial charge in [-0.3, -0.25) is 9.20 Å². The summed E-state index contributed by atoms with van der Waals surface area (Å²) in [6.45, 7) is 1.92. The highest BCUT2D eigenvalue weighted by atomic mass is 19.4. The number of aryl methyl sites for hydroxylation is 1. The predicted molar refractivity (Wildman–Crippen MR) is 111 cm³/mol. The lowest BCUT2D eigenvalue weighted by atomic mass is 10.0. The highest BCUT2D eigenvalue weighted by molar-refractivity contribution is 6.03. The quantitative estimate of drug-likeness (QED) is 0.508. The van der Waals surface area contributed by atoms with Gasteiger partial charge in [0.2, 0.25) is 5.95 Å². The van der Waals surface area contributed by atoms with E-state index in [1.165, 1.54) is 11.0 Å². The van der Waals surface area contributed by atoms with Crippen molar-refractivity contribution in [2.45, 2.75) is 19.1 Å². The highest BCUT2D eigenvalue weighted by Crippen LogP contribution is 2.40. The molecular formula is C22H18F3N5O2. The maximum absolute atomic E-state index is 13.3. The number of alkyl halides is 3. The maximum Gasteiger partial charge on any atom is 0.416 e. The van der Waals surface area contributed by atoms with Crippen molar-refractivity contribution in [1.82, 2.24) is 19.3 Å². The number of likely N-dealkylation sites (N-methyl/N-ethyl adjacent to an activating group) is 1. The van der Waals surface area contributed by atoms with Crippen LogP contribution < -0.4 is 10.5 Å². The molecule has 164 valence electrons. The third kappa shape index (κ3) is 3.02. The van der Waals surface area contributed by atoms with Crippen LogP contribution in [0.5, 0.6) is 5.75 Å². The first-order chi connectivity index (χ1) is 15.1. The van der Waals surface area contributed by atoms with Crippen molar-refractivity contribution in [2.24, 2.45) is 0 Å². The summed E-state index contributed by atoms with van der Waals surface area (Å²) in [5.74, 6) is 0.141. The number of rotatable bonds is 2. The van der Waals surface area contributed by atoms with Crippen LogP contribution in [0, 0.1) is 6.92 Å². The lowest BCUT2D eigenvalue weighted by molar-refractivity contribution is -0.137. The molecule has 3 heterocycles. The van der Waals surface area contributed by atoms with E-state index in [0.717, 1.165) is 28.7 Å². The molecule has 0 saturated heterocycles. The molecule has 5 rings (SSSR count). The van der Waals surface area contributed by atoms with Crippen molar-refractivity contribution in [3.63, 3.8) is 0 Å². The normalized spacial score (nSPS) is 15.7. The summed E-state index contributed by atoms with van der Waals surface area (Å²) in [4.78, 5) is 23.4. The fraction of sp³-hybridized carbons (Fsp3) is 0.227. The molecule has 4 aromatic rings. The SMILES string of the molecule is Cc1ncn2c(N)nc3ccc(C(=O)N(C)[C@@H]4COc5cc(C(F)(F)F)ccc54)cc3c12. The smallest absolute Gasteiger partial charge is 0.416 e. The third-order valence-electron chi connectivity index (χ3n) is 5.82. The summed E-state index contributed by atoms with van der Waals surface area (Å²) >= 11 is 0. The van der Waals surface area contributed by atoms with Gasteiger partial charge in [-0.25, -0.2) is 9.97 Å². The number of benzene rings is 2. The number of nitrogen functional groups attached to an aromatic ring is 1. The molecule has 7 nitrogen and oxygen atoms in total. The molecule has 0 unspecified atom stereocenters. The zero-order valence-corrected chi connectivity index (χ0v) is 17.1. The zero-order chi connectivity index (χ0) is 22.8. The number of anilines is 1. The molecule has 2 aromatic carbocycles. The van der Waals surface area contributed by atoms with Gasteiger partial charge in [0.15, 0.2) is 0 Å². The minimum Gasteiger partial charge on any atom is -0.491 e. The van der Waals surface area contributed by atoms with Gasteiger partial charge in [-0.05, 0) is 37.3 Å². The summed E-state index contributed by atoms with van der Waals surface area (Å²) in [5, 5.41) is 0.728. The number of amides is 1. The number of hydrogen-bond acceptors (Lipinski definition) is 5. The number of aromatic nitrogens is 3.